The van der Waals surface area contributed by atoms with Gasteiger partial charge >= 0.3 is 0 Å². The Morgan fingerprint density at radius 2 is 1.88 bits per heavy atom. The number of aryl methyl sites for hydroxylation is 1. The van der Waals surface area contributed by atoms with Gasteiger partial charge in [0.15, 0.2) is 5.69 Å². The molecule has 1 heterocycles. The number of nitrogens with zero attached hydrogens (tertiary/aromatic N) is 3. The Bertz CT molecular complexity index is 885. The van der Waals surface area contributed by atoms with Crippen LogP contribution in [0.25, 0.3) is 5.69 Å². The first-order valence-corrected chi connectivity index (χ1v) is 8.10. The molecule has 0 saturated carbocycles. The van der Waals surface area contributed by atoms with Crippen LogP contribution in [0, 0.1) is 6.92 Å². The summed E-state index contributed by atoms with van der Waals surface area (Å²) in [6.07, 6.45) is 0.975. The SMILES string of the molecule is CCc1ccc(-n2nnc(C(=O)Nc3ccccc3OC)c2C)cc1. The number of rotatable bonds is 5. The lowest BCUT2D eigenvalue weighted by Gasteiger charge is -2.09. The van der Waals surface area contributed by atoms with E-state index in [9.17, 15) is 4.79 Å². The summed E-state index contributed by atoms with van der Waals surface area (Å²) in [7, 11) is 1.56. The summed E-state index contributed by atoms with van der Waals surface area (Å²) < 4.78 is 6.92. The van der Waals surface area contributed by atoms with Gasteiger partial charge < -0.3 is 10.1 Å². The maximum absolute atomic E-state index is 12.6. The molecule has 128 valence electrons. The van der Waals surface area contributed by atoms with Gasteiger partial charge in [-0.3, -0.25) is 4.79 Å². The smallest absolute Gasteiger partial charge is 0.278 e. The minimum atomic E-state index is -0.321. The predicted molar refractivity (Wildman–Crippen MR) is 96.4 cm³/mol. The second kappa shape index (κ2) is 7.17. The first-order chi connectivity index (χ1) is 12.1. The number of aromatic nitrogens is 3. The fourth-order valence-corrected chi connectivity index (χ4v) is 2.59. The van der Waals surface area contributed by atoms with Gasteiger partial charge in [0.2, 0.25) is 0 Å². The van der Waals surface area contributed by atoms with Crippen LogP contribution < -0.4 is 10.1 Å². The van der Waals surface area contributed by atoms with Crippen molar-refractivity contribution in [3.8, 4) is 11.4 Å². The molecule has 25 heavy (non-hydrogen) atoms. The summed E-state index contributed by atoms with van der Waals surface area (Å²) >= 11 is 0. The van der Waals surface area contributed by atoms with E-state index in [2.05, 4.69) is 22.6 Å². The lowest BCUT2D eigenvalue weighted by molar-refractivity contribution is 0.102. The van der Waals surface area contributed by atoms with E-state index < -0.39 is 0 Å². The molecule has 1 aromatic heterocycles. The van der Waals surface area contributed by atoms with Gasteiger partial charge in [0.1, 0.15) is 5.75 Å². The van der Waals surface area contributed by atoms with E-state index in [1.165, 1.54) is 5.56 Å². The highest BCUT2D eigenvalue weighted by Crippen LogP contribution is 2.24. The van der Waals surface area contributed by atoms with Crippen molar-refractivity contribution in [2.75, 3.05) is 12.4 Å². The van der Waals surface area contributed by atoms with Crippen molar-refractivity contribution in [3.63, 3.8) is 0 Å². The zero-order chi connectivity index (χ0) is 17.8. The van der Waals surface area contributed by atoms with Gasteiger partial charge in [-0.05, 0) is 43.2 Å². The van der Waals surface area contributed by atoms with Crippen LogP contribution in [0.1, 0.15) is 28.7 Å². The zero-order valence-corrected chi connectivity index (χ0v) is 14.5. The van der Waals surface area contributed by atoms with Crippen molar-refractivity contribution in [1.82, 2.24) is 15.0 Å². The average molecular weight is 336 g/mol. The number of benzene rings is 2. The van der Waals surface area contributed by atoms with E-state index in [4.69, 9.17) is 4.74 Å². The van der Waals surface area contributed by atoms with E-state index >= 15 is 0 Å². The standard InChI is InChI=1S/C19H20N4O2/c1-4-14-9-11-15(12-10-14)23-13(2)18(21-22-23)19(24)20-16-7-5-6-8-17(16)25-3/h5-12H,4H2,1-3H3,(H,20,24). The van der Waals surface area contributed by atoms with Crippen LogP contribution in [0.15, 0.2) is 48.5 Å². The molecule has 0 aliphatic rings. The summed E-state index contributed by atoms with van der Waals surface area (Å²) in [5, 5.41) is 11.0. The molecule has 1 N–H and O–H groups in total. The number of anilines is 1. The van der Waals surface area contributed by atoms with Crippen molar-refractivity contribution in [3.05, 3.63) is 65.5 Å². The molecular weight excluding hydrogens is 316 g/mol. The summed E-state index contributed by atoms with van der Waals surface area (Å²) in [6.45, 7) is 3.93. The predicted octanol–water partition coefficient (Wildman–Crippen LogP) is 3.40. The lowest BCUT2D eigenvalue weighted by atomic mass is 10.1. The van der Waals surface area contributed by atoms with E-state index in [1.807, 2.05) is 43.3 Å². The quantitative estimate of drug-likeness (QED) is 0.775. The van der Waals surface area contributed by atoms with E-state index in [0.717, 1.165) is 12.1 Å². The van der Waals surface area contributed by atoms with Crippen LogP contribution in [0.2, 0.25) is 0 Å². The van der Waals surface area contributed by atoms with Crippen LogP contribution in [0.5, 0.6) is 5.75 Å². The molecule has 0 bridgehead atoms. The Morgan fingerprint density at radius 1 is 1.16 bits per heavy atom. The molecule has 6 heteroatoms. The molecule has 0 fully saturated rings. The Hall–Kier alpha value is -3.15. The van der Waals surface area contributed by atoms with Crippen molar-refractivity contribution in [1.29, 1.82) is 0 Å². The second-order valence-electron chi connectivity index (χ2n) is 5.61. The van der Waals surface area contributed by atoms with Gasteiger partial charge in [0.05, 0.1) is 24.2 Å². The Labute approximate surface area is 146 Å². The first kappa shape index (κ1) is 16.7. The van der Waals surface area contributed by atoms with Gasteiger partial charge in [0.25, 0.3) is 5.91 Å². The number of ether oxygens (including phenoxy) is 1. The number of methoxy groups -OCH3 is 1. The molecule has 0 aliphatic carbocycles. The normalized spacial score (nSPS) is 10.5. The highest BCUT2D eigenvalue weighted by atomic mass is 16.5. The number of carbonyl (C=O) groups excluding carboxylic acids is 1. The fraction of sp³-hybridized carbons (Fsp3) is 0.211. The van der Waals surface area contributed by atoms with Gasteiger partial charge in [-0.15, -0.1) is 5.10 Å². The molecular formula is C19H20N4O2. The second-order valence-corrected chi connectivity index (χ2v) is 5.61. The molecule has 0 aliphatic heterocycles. The van der Waals surface area contributed by atoms with E-state index in [1.54, 1.807) is 23.9 Å². The van der Waals surface area contributed by atoms with Crippen LogP contribution >= 0.6 is 0 Å². The third-order valence-corrected chi connectivity index (χ3v) is 4.05. The number of hydrogen-bond acceptors (Lipinski definition) is 4. The van der Waals surface area contributed by atoms with E-state index in [-0.39, 0.29) is 11.6 Å². The summed E-state index contributed by atoms with van der Waals surface area (Å²) in [6, 6.07) is 15.3. The molecule has 0 unspecified atom stereocenters. The van der Waals surface area contributed by atoms with Crippen molar-refractivity contribution >= 4 is 11.6 Å². The highest BCUT2D eigenvalue weighted by molar-refractivity contribution is 6.04. The summed E-state index contributed by atoms with van der Waals surface area (Å²) in [5.41, 5.74) is 3.67. The molecule has 0 radical (unpaired) electrons. The largest absolute Gasteiger partial charge is 0.495 e. The summed E-state index contributed by atoms with van der Waals surface area (Å²) in [4.78, 5) is 12.6. The van der Waals surface area contributed by atoms with Crippen LogP contribution in [-0.2, 0) is 6.42 Å². The molecule has 0 atom stereocenters. The van der Waals surface area contributed by atoms with Crippen LogP contribution in [0.4, 0.5) is 5.69 Å². The number of amides is 1. The Balaban J connectivity index is 1.86. The van der Waals surface area contributed by atoms with Crippen LogP contribution in [0.3, 0.4) is 0 Å². The number of nitrogens with one attached hydrogen (secondary N) is 1. The number of hydrogen-bond donors (Lipinski definition) is 1. The number of carbonyl (C=O) groups is 1. The Morgan fingerprint density at radius 3 is 2.56 bits per heavy atom. The van der Waals surface area contributed by atoms with Gasteiger partial charge in [-0.25, -0.2) is 4.68 Å². The molecule has 1 amide bonds. The molecule has 3 rings (SSSR count). The minimum absolute atomic E-state index is 0.283. The van der Waals surface area contributed by atoms with E-state index in [0.29, 0.717) is 17.1 Å². The molecule has 2 aromatic carbocycles. The van der Waals surface area contributed by atoms with Crippen molar-refractivity contribution in [2.45, 2.75) is 20.3 Å². The van der Waals surface area contributed by atoms with Crippen molar-refractivity contribution < 1.29 is 9.53 Å². The van der Waals surface area contributed by atoms with Gasteiger partial charge in [-0.1, -0.05) is 36.4 Å². The maximum Gasteiger partial charge on any atom is 0.278 e. The third-order valence-electron chi connectivity index (χ3n) is 4.05. The minimum Gasteiger partial charge on any atom is -0.495 e. The summed E-state index contributed by atoms with van der Waals surface area (Å²) in [5.74, 6) is 0.273. The average Bonchev–Trinajstić information content (AvgIpc) is 3.03. The monoisotopic (exact) mass is 336 g/mol. The lowest BCUT2D eigenvalue weighted by Crippen LogP contribution is -2.14. The Kier molecular flexibility index (Phi) is 4.79. The fourth-order valence-electron chi connectivity index (χ4n) is 2.59. The third kappa shape index (κ3) is 3.38. The van der Waals surface area contributed by atoms with Crippen LogP contribution in [-0.4, -0.2) is 28.0 Å². The first-order valence-electron chi connectivity index (χ1n) is 8.10. The molecule has 0 saturated heterocycles. The molecule has 0 spiro atoms. The molecule has 6 nitrogen and oxygen atoms in total. The van der Waals surface area contributed by atoms with Crippen molar-refractivity contribution in [2.24, 2.45) is 0 Å². The molecule has 3 aromatic rings. The number of para-hydroxylation sites is 2. The highest BCUT2D eigenvalue weighted by Gasteiger charge is 2.18. The topological polar surface area (TPSA) is 69.0 Å². The van der Waals surface area contributed by atoms with Gasteiger partial charge in [-0.2, -0.15) is 0 Å². The zero-order valence-electron chi connectivity index (χ0n) is 14.5. The van der Waals surface area contributed by atoms with Gasteiger partial charge in [0, 0.05) is 0 Å². The maximum atomic E-state index is 12.6.